The smallest absolute Gasteiger partial charge is 0.145 e. The van der Waals surface area contributed by atoms with Crippen molar-refractivity contribution in [3.63, 3.8) is 0 Å². The van der Waals surface area contributed by atoms with Crippen molar-refractivity contribution in [2.75, 3.05) is 0 Å². The van der Waals surface area contributed by atoms with Gasteiger partial charge in [0.25, 0.3) is 0 Å². The average molecular weight is 846 g/mol. The molecule has 0 saturated carbocycles. The number of nitrogens with zero attached hydrogens (tertiary/aromatic N) is 1. The quantitative estimate of drug-likeness (QED) is 0.144. The van der Waals surface area contributed by atoms with Crippen LogP contribution in [0.4, 0.5) is 0 Å². The monoisotopic (exact) mass is 845 g/mol. The van der Waals surface area contributed by atoms with Crippen molar-refractivity contribution in [1.29, 1.82) is 0 Å². The topological polar surface area (TPSA) is 36.4 Å². The van der Waals surface area contributed by atoms with Gasteiger partial charge in [-0.05, 0) is 90.1 Å². The maximum Gasteiger partial charge on any atom is 0.145 e. The van der Waals surface area contributed by atoms with Crippen molar-refractivity contribution < 1.29 is 0 Å². The van der Waals surface area contributed by atoms with Crippen LogP contribution in [0.5, 0.6) is 0 Å². The maximum atomic E-state index is 5.26. The second kappa shape index (κ2) is 18.3. The van der Waals surface area contributed by atoms with E-state index in [0.29, 0.717) is 0 Å². The Bertz CT molecular complexity index is 3230. The molecule has 0 radical (unpaired) electrons. The number of hydrogen-bond acceptors (Lipinski definition) is 3. The van der Waals surface area contributed by atoms with Crippen LogP contribution in [0, 0.1) is 0 Å². The molecule has 0 fully saturated rings. The lowest BCUT2D eigenvalue weighted by molar-refractivity contribution is 0.664. The van der Waals surface area contributed by atoms with Crippen LogP contribution in [-0.2, 0) is 0 Å². The molecule has 2 N–H and O–H groups in total. The standard InChI is InChI=1S/C63H47N3/c1-7-20-44(21-8-1)54-32-19-33-55(42-54)63-64-56(47-22-9-2-10-23-47)43-57(65-63)48-38-34-45(35-39-48)46-36-40-51(41-37-46)58-59(49-24-11-3-12-25-49)61(52-28-15-5-16-29-52)66-62(53-30-17-6-18-31-53)60(58)50-26-13-4-14-27-50/h1-43,61,63,65-66H. The van der Waals surface area contributed by atoms with Crippen LogP contribution < -0.4 is 10.6 Å². The zero-order valence-electron chi connectivity index (χ0n) is 36.4. The van der Waals surface area contributed by atoms with Gasteiger partial charge >= 0.3 is 0 Å². The van der Waals surface area contributed by atoms with Crippen molar-refractivity contribution in [2.24, 2.45) is 4.99 Å². The Hall–Kier alpha value is -8.53. The lowest BCUT2D eigenvalue weighted by Gasteiger charge is -2.36. The van der Waals surface area contributed by atoms with Crippen molar-refractivity contribution in [2.45, 2.75) is 12.2 Å². The van der Waals surface area contributed by atoms with Gasteiger partial charge in [-0.1, -0.05) is 249 Å². The van der Waals surface area contributed by atoms with Gasteiger partial charge in [-0.25, -0.2) is 0 Å². The van der Waals surface area contributed by atoms with Gasteiger partial charge < -0.3 is 10.6 Å². The summed E-state index contributed by atoms with van der Waals surface area (Å²) in [5, 5.41) is 7.88. The largest absolute Gasteiger partial charge is 0.373 e. The molecule has 2 heterocycles. The SMILES string of the molecule is C1=C(c2ccc(-c3ccc(C4=C(c5ccccc5)C(c5ccccc5)NC(c5ccccc5)=C4c4ccccc4)cc3)cc2)NC(c2cccc(-c3ccccc3)c2)N=C1c1ccccc1. The molecule has 2 unspecified atom stereocenters. The molecular formula is C63H47N3. The molecule has 0 aromatic heterocycles. The average Bonchev–Trinajstić information content (AvgIpc) is 3.42. The van der Waals surface area contributed by atoms with E-state index in [2.05, 4.69) is 271 Å². The first-order valence-corrected chi connectivity index (χ1v) is 22.7. The molecule has 314 valence electrons. The number of benzene rings is 9. The number of allylic oxidation sites excluding steroid dienone is 3. The molecule has 3 nitrogen and oxygen atoms in total. The molecule has 11 rings (SSSR count). The summed E-state index contributed by atoms with van der Waals surface area (Å²) in [6.07, 6.45) is 1.93. The predicted octanol–water partition coefficient (Wildman–Crippen LogP) is 15.0. The molecule has 2 aliphatic rings. The van der Waals surface area contributed by atoms with E-state index in [0.717, 1.165) is 61.6 Å². The van der Waals surface area contributed by atoms with E-state index in [9.17, 15) is 0 Å². The summed E-state index contributed by atoms with van der Waals surface area (Å²) in [7, 11) is 0. The Kier molecular flexibility index (Phi) is 11.2. The summed E-state index contributed by atoms with van der Waals surface area (Å²) >= 11 is 0. The first kappa shape index (κ1) is 40.3. The number of nitrogens with one attached hydrogen (secondary N) is 2. The first-order chi connectivity index (χ1) is 32.7. The van der Waals surface area contributed by atoms with E-state index in [4.69, 9.17) is 4.99 Å². The third-order valence-corrected chi connectivity index (χ3v) is 12.6. The predicted molar refractivity (Wildman–Crippen MR) is 276 cm³/mol. The zero-order valence-corrected chi connectivity index (χ0v) is 36.4. The summed E-state index contributed by atoms with van der Waals surface area (Å²) in [6, 6.07) is 91.0. The van der Waals surface area contributed by atoms with Gasteiger partial charge in [0.05, 0.1) is 17.5 Å². The Labute approximate surface area is 387 Å². The van der Waals surface area contributed by atoms with Gasteiger partial charge in [0, 0.05) is 11.3 Å². The molecule has 66 heavy (non-hydrogen) atoms. The van der Waals surface area contributed by atoms with Crippen LogP contribution in [0.1, 0.15) is 56.7 Å². The van der Waals surface area contributed by atoms with E-state index < -0.39 is 0 Å². The second-order valence-corrected chi connectivity index (χ2v) is 16.8. The summed E-state index contributed by atoms with van der Waals surface area (Å²) in [6.45, 7) is 0. The van der Waals surface area contributed by atoms with Gasteiger partial charge in [0.2, 0.25) is 0 Å². The molecule has 9 aromatic carbocycles. The highest BCUT2D eigenvalue weighted by Gasteiger charge is 2.33. The van der Waals surface area contributed by atoms with Crippen molar-refractivity contribution in [1.82, 2.24) is 10.6 Å². The fourth-order valence-corrected chi connectivity index (χ4v) is 9.36. The molecule has 3 heteroatoms. The highest BCUT2D eigenvalue weighted by atomic mass is 15.1. The number of hydrogen-bond donors (Lipinski definition) is 2. The third-order valence-electron chi connectivity index (χ3n) is 12.6. The normalized spacial score (nSPS) is 15.9. The lowest BCUT2D eigenvalue weighted by Crippen LogP contribution is -2.27. The summed E-state index contributed by atoms with van der Waals surface area (Å²) in [5.74, 6) is 0. The van der Waals surface area contributed by atoms with Gasteiger partial charge in [-0.3, -0.25) is 4.99 Å². The number of aliphatic imine (C=N–C) groups is 1. The minimum atomic E-state index is -0.250. The maximum absolute atomic E-state index is 5.26. The van der Waals surface area contributed by atoms with Crippen molar-refractivity contribution in [3.8, 4) is 22.3 Å². The summed E-state index contributed by atoms with van der Waals surface area (Å²) in [5.41, 5.74) is 20.6. The molecular weight excluding hydrogens is 799 g/mol. The van der Waals surface area contributed by atoms with E-state index in [-0.39, 0.29) is 12.2 Å². The van der Waals surface area contributed by atoms with E-state index in [1.165, 1.54) is 39.0 Å². The lowest BCUT2D eigenvalue weighted by atomic mass is 9.77. The Morgan fingerprint density at radius 3 is 1.32 bits per heavy atom. The zero-order chi connectivity index (χ0) is 44.1. The Morgan fingerprint density at radius 2 is 0.727 bits per heavy atom. The van der Waals surface area contributed by atoms with E-state index >= 15 is 0 Å². The van der Waals surface area contributed by atoms with Gasteiger partial charge in [-0.2, -0.15) is 0 Å². The van der Waals surface area contributed by atoms with Crippen LogP contribution in [0.15, 0.2) is 266 Å². The number of dihydropyridines is 1. The van der Waals surface area contributed by atoms with Crippen LogP contribution in [0.25, 0.3) is 50.4 Å². The molecule has 2 aliphatic heterocycles. The highest BCUT2D eigenvalue weighted by molar-refractivity contribution is 6.24. The van der Waals surface area contributed by atoms with Crippen LogP contribution in [0.3, 0.4) is 0 Å². The third kappa shape index (κ3) is 8.22. The van der Waals surface area contributed by atoms with E-state index in [1.54, 1.807) is 0 Å². The van der Waals surface area contributed by atoms with Gasteiger partial charge in [0.15, 0.2) is 0 Å². The minimum Gasteiger partial charge on any atom is -0.373 e. The Balaban J connectivity index is 0.979. The van der Waals surface area contributed by atoms with Crippen LogP contribution >= 0.6 is 0 Å². The molecule has 2 atom stereocenters. The number of rotatable bonds is 10. The second-order valence-electron chi connectivity index (χ2n) is 16.8. The van der Waals surface area contributed by atoms with Crippen molar-refractivity contribution >= 4 is 33.8 Å². The van der Waals surface area contributed by atoms with Gasteiger partial charge in [-0.15, -0.1) is 0 Å². The fraction of sp³-hybridized carbons (Fsp3) is 0.0317. The fourth-order valence-electron chi connectivity index (χ4n) is 9.36. The van der Waals surface area contributed by atoms with Crippen LogP contribution in [-0.4, -0.2) is 5.71 Å². The molecule has 0 aliphatic carbocycles. The summed E-state index contributed by atoms with van der Waals surface area (Å²) < 4.78 is 0. The van der Waals surface area contributed by atoms with Crippen LogP contribution in [0.2, 0.25) is 0 Å². The molecule has 9 aromatic rings. The summed E-state index contributed by atoms with van der Waals surface area (Å²) in [4.78, 5) is 5.26. The molecule has 0 saturated heterocycles. The van der Waals surface area contributed by atoms with Crippen molar-refractivity contribution in [3.05, 3.63) is 305 Å². The molecule has 0 spiro atoms. The highest BCUT2D eigenvalue weighted by Crippen LogP contribution is 2.50. The van der Waals surface area contributed by atoms with E-state index in [1.807, 2.05) is 0 Å². The van der Waals surface area contributed by atoms with Gasteiger partial charge in [0.1, 0.15) is 6.17 Å². The molecule has 0 amide bonds. The Morgan fingerprint density at radius 1 is 0.303 bits per heavy atom. The first-order valence-electron chi connectivity index (χ1n) is 22.7. The molecule has 0 bridgehead atoms. The minimum absolute atomic E-state index is 0.0963.